The summed E-state index contributed by atoms with van der Waals surface area (Å²) >= 11 is 0. The molecule has 3 heteroatoms. The smallest absolute Gasteiger partial charge is 0.0667 e. The Bertz CT molecular complexity index is 521. The molecule has 0 aromatic carbocycles. The molecule has 0 amide bonds. The number of nitrogens with two attached hydrogens (primary N) is 1. The molecule has 0 spiro atoms. The number of nitrogens with zero attached hydrogens (tertiary/aromatic N) is 2. The molecule has 90 valence electrons. The monoisotopic (exact) mass is 229 g/mol. The highest BCUT2D eigenvalue weighted by Gasteiger charge is 2.22. The Hall–Kier alpha value is -1.35. The van der Waals surface area contributed by atoms with Crippen LogP contribution in [0.15, 0.2) is 24.7 Å². The fourth-order valence-corrected chi connectivity index (χ4v) is 3.01. The molecule has 3 rings (SSSR count). The molecule has 2 heterocycles. The third kappa shape index (κ3) is 1.84. The maximum Gasteiger partial charge on any atom is 0.0667 e. The maximum absolute atomic E-state index is 5.98. The number of aryl methyl sites for hydroxylation is 1. The van der Waals surface area contributed by atoms with Gasteiger partial charge in [0, 0.05) is 30.9 Å². The van der Waals surface area contributed by atoms with Gasteiger partial charge in [-0.05, 0) is 43.2 Å². The first-order valence-electron chi connectivity index (χ1n) is 6.40. The number of pyridine rings is 1. The van der Waals surface area contributed by atoms with Gasteiger partial charge in [-0.1, -0.05) is 0 Å². The second-order valence-corrected chi connectivity index (χ2v) is 5.20. The highest BCUT2D eigenvalue weighted by molar-refractivity contribution is 5.83. The average molecular weight is 229 g/mol. The number of hydrogen-bond acceptors (Lipinski definition) is 2. The van der Waals surface area contributed by atoms with Crippen LogP contribution in [0.25, 0.3) is 10.9 Å². The van der Waals surface area contributed by atoms with Gasteiger partial charge in [0.15, 0.2) is 0 Å². The fraction of sp³-hybridized carbons (Fsp3) is 0.500. The molecule has 2 N–H and O–H groups in total. The van der Waals surface area contributed by atoms with Crippen molar-refractivity contribution in [3.05, 3.63) is 30.2 Å². The molecule has 0 aliphatic heterocycles. The summed E-state index contributed by atoms with van der Waals surface area (Å²) in [7, 11) is 2.10. The zero-order chi connectivity index (χ0) is 11.8. The summed E-state index contributed by atoms with van der Waals surface area (Å²) in [5.74, 6) is 0.681. The molecular weight excluding hydrogens is 210 g/mol. The first-order chi connectivity index (χ1) is 8.25. The molecule has 0 atom stereocenters. The first kappa shape index (κ1) is 10.8. The standard InChI is InChI=1S/C14H19N3/c1-17-9-13(10-2-4-11(15)5-3-10)12-6-7-16-8-14(12)17/h6-11H,2-5,15H2,1H3. The van der Waals surface area contributed by atoms with E-state index in [1.165, 1.54) is 29.3 Å². The SMILES string of the molecule is Cn1cc(C2CCC(N)CC2)c2ccncc21. The number of rotatable bonds is 1. The Kier molecular flexibility index (Phi) is 2.63. The highest BCUT2D eigenvalue weighted by atomic mass is 14.9. The predicted octanol–water partition coefficient (Wildman–Crippen LogP) is 2.56. The van der Waals surface area contributed by atoms with Crippen molar-refractivity contribution >= 4 is 10.9 Å². The van der Waals surface area contributed by atoms with Crippen molar-refractivity contribution in [1.82, 2.24) is 9.55 Å². The topological polar surface area (TPSA) is 43.8 Å². The van der Waals surface area contributed by atoms with Crippen LogP contribution in [0.5, 0.6) is 0 Å². The molecule has 1 aliphatic carbocycles. The van der Waals surface area contributed by atoms with Crippen LogP contribution in [0.1, 0.15) is 37.2 Å². The molecule has 0 saturated heterocycles. The maximum atomic E-state index is 5.98. The number of fused-ring (bicyclic) bond motifs is 1. The second kappa shape index (κ2) is 4.15. The minimum absolute atomic E-state index is 0.419. The Morgan fingerprint density at radius 2 is 2.06 bits per heavy atom. The summed E-state index contributed by atoms with van der Waals surface area (Å²) in [5.41, 5.74) is 8.69. The van der Waals surface area contributed by atoms with Crippen molar-refractivity contribution in [2.75, 3.05) is 0 Å². The molecule has 0 unspecified atom stereocenters. The van der Waals surface area contributed by atoms with E-state index >= 15 is 0 Å². The summed E-state index contributed by atoms with van der Waals surface area (Å²) in [4.78, 5) is 4.20. The Morgan fingerprint density at radius 3 is 2.82 bits per heavy atom. The van der Waals surface area contributed by atoms with Crippen LogP contribution in [-0.2, 0) is 7.05 Å². The van der Waals surface area contributed by atoms with Gasteiger partial charge < -0.3 is 10.3 Å². The molecule has 1 fully saturated rings. The van der Waals surface area contributed by atoms with Crippen LogP contribution in [-0.4, -0.2) is 15.6 Å². The molecule has 2 aromatic rings. The molecule has 17 heavy (non-hydrogen) atoms. The lowest BCUT2D eigenvalue weighted by atomic mass is 9.82. The number of hydrogen-bond donors (Lipinski definition) is 1. The minimum Gasteiger partial charge on any atom is -0.349 e. The van der Waals surface area contributed by atoms with E-state index < -0.39 is 0 Å². The highest BCUT2D eigenvalue weighted by Crippen LogP contribution is 2.36. The van der Waals surface area contributed by atoms with Crippen molar-refractivity contribution in [2.24, 2.45) is 12.8 Å². The average Bonchev–Trinajstić information content (AvgIpc) is 2.69. The van der Waals surface area contributed by atoms with E-state index in [2.05, 4.69) is 28.9 Å². The Morgan fingerprint density at radius 1 is 1.29 bits per heavy atom. The van der Waals surface area contributed by atoms with E-state index in [-0.39, 0.29) is 0 Å². The largest absolute Gasteiger partial charge is 0.349 e. The van der Waals surface area contributed by atoms with Gasteiger partial charge in [0.2, 0.25) is 0 Å². The van der Waals surface area contributed by atoms with E-state index in [0.717, 1.165) is 12.8 Å². The lowest BCUT2D eigenvalue weighted by Crippen LogP contribution is -2.25. The van der Waals surface area contributed by atoms with Gasteiger partial charge >= 0.3 is 0 Å². The zero-order valence-corrected chi connectivity index (χ0v) is 10.3. The quantitative estimate of drug-likeness (QED) is 0.816. The van der Waals surface area contributed by atoms with E-state index in [1.54, 1.807) is 0 Å². The van der Waals surface area contributed by atoms with E-state index in [9.17, 15) is 0 Å². The van der Waals surface area contributed by atoms with Crippen molar-refractivity contribution in [2.45, 2.75) is 37.6 Å². The molecule has 0 bridgehead atoms. The number of aromatic nitrogens is 2. The minimum atomic E-state index is 0.419. The summed E-state index contributed by atoms with van der Waals surface area (Å²) in [6.07, 6.45) is 10.9. The molecule has 2 aromatic heterocycles. The zero-order valence-electron chi connectivity index (χ0n) is 10.3. The van der Waals surface area contributed by atoms with Gasteiger partial charge in [-0.3, -0.25) is 4.98 Å². The van der Waals surface area contributed by atoms with Crippen LogP contribution in [0, 0.1) is 0 Å². The normalized spacial score (nSPS) is 25.3. The second-order valence-electron chi connectivity index (χ2n) is 5.20. The lowest BCUT2D eigenvalue weighted by molar-refractivity contribution is 0.396. The van der Waals surface area contributed by atoms with E-state index in [4.69, 9.17) is 5.73 Å². The van der Waals surface area contributed by atoms with Crippen LogP contribution in [0.2, 0.25) is 0 Å². The van der Waals surface area contributed by atoms with Gasteiger partial charge in [0.25, 0.3) is 0 Å². The molecule has 0 radical (unpaired) electrons. The van der Waals surface area contributed by atoms with Crippen LogP contribution in [0.3, 0.4) is 0 Å². The summed E-state index contributed by atoms with van der Waals surface area (Å²) in [6.45, 7) is 0. The summed E-state index contributed by atoms with van der Waals surface area (Å²) in [5, 5.41) is 1.36. The van der Waals surface area contributed by atoms with Crippen molar-refractivity contribution in [1.29, 1.82) is 0 Å². The van der Waals surface area contributed by atoms with E-state index in [1.807, 2.05) is 12.4 Å². The fourth-order valence-electron chi connectivity index (χ4n) is 3.01. The third-order valence-electron chi connectivity index (χ3n) is 4.04. The van der Waals surface area contributed by atoms with Gasteiger partial charge in [-0.15, -0.1) is 0 Å². The van der Waals surface area contributed by atoms with E-state index in [0.29, 0.717) is 12.0 Å². The summed E-state index contributed by atoms with van der Waals surface area (Å²) < 4.78 is 2.19. The predicted molar refractivity (Wildman–Crippen MR) is 69.9 cm³/mol. The lowest BCUT2D eigenvalue weighted by Gasteiger charge is -2.25. The third-order valence-corrected chi connectivity index (χ3v) is 4.04. The summed E-state index contributed by atoms with van der Waals surface area (Å²) in [6, 6.07) is 2.56. The Labute approximate surface area is 102 Å². The van der Waals surface area contributed by atoms with Crippen LogP contribution >= 0.6 is 0 Å². The van der Waals surface area contributed by atoms with Crippen LogP contribution in [0.4, 0.5) is 0 Å². The van der Waals surface area contributed by atoms with Crippen LogP contribution < -0.4 is 5.73 Å². The molecular formula is C14H19N3. The van der Waals surface area contributed by atoms with Crippen molar-refractivity contribution in [3.63, 3.8) is 0 Å². The molecule has 1 aliphatic rings. The van der Waals surface area contributed by atoms with Gasteiger partial charge in [-0.25, -0.2) is 0 Å². The molecule has 3 nitrogen and oxygen atoms in total. The molecule has 1 saturated carbocycles. The van der Waals surface area contributed by atoms with Crippen molar-refractivity contribution in [3.8, 4) is 0 Å². The first-order valence-corrected chi connectivity index (χ1v) is 6.40. The van der Waals surface area contributed by atoms with Gasteiger partial charge in [0.05, 0.1) is 11.7 Å². The van der Waals surface area contributed by atoms with Crippen molar-refractivity contribution < 1.29 is 0 Å². The van der Waals surface area contributed by atoms with Gasteiger partial charge in [0.1, 0.15) is 0 Å². The van der Waals surface area contributed by atoms with Gasteiger partial charge in [-0.2, -0.15) is 0 Å². The Balaban J connectivity index is 2.00.